The third kappa shape index (κ3) is 5.35. The van der Waals surface area contributed by atoms with Gasteiger partial charge in [-0.1, -0.05) is 50.2 Å². The Morgan fingerprint density at radius 1 is 1.07 bits per heavy atom. The highest BCUT2D eigenvalue weighted by molar-refractivity contribution is 6.34. The lowest BCUT2D eigenvalue weighted by atomic mass is 9.96. The van der Waals surface area contributed by atoms with E-state index >= 15 is 0 Å². The second-order valence-electron chi connectivity index (χ2n) is 11.2. The van der Waals surface area contributed by atoms with Crippen molar-refractivity contribution in [2.75, 3.05) is 18.8 Å². The van der Waals surface area contributed by atoms with Gasteiger partial charge in [0.1, 0.15) is 0 Å². The Labute approximate surface area is 250 Å². The van der Waals surface area contributed by atoms with Gasteiger partial charge in [-0.25, -0.2) is 0 Å². The number of carbonyl (C=O) groups excluding carboxylic acids is 1. The molecule has 11 heteroatoms. The molecule has 5 rings (SSSR count). The molecule has 0 aliphatic carbocycles. The number of benzene rings is 3. The summed E-state index contributed by atoms with van der Waals surface area (Å²) in [5, 5.41) is 0.0582. The number of fused-ring (bicyclic) bond motifs is 1. The van der Waals surface area contributed by atoms with Crippen molar-refractivity contribution in [3.05, 3.63) is 104 Å². The lowest BCUT2D eigenvalue weighted by molar-refractivity contribution is -0.137. The molecule has 1 saturated heterocycles. The van der Waals surface area contributed by atoms with Crippen molar-refractivity contribution >= 4 is 34.2 Å². The molecule has 0 atom stereocenters. The molecule has 0 spiro atoms. The van der Waals surface area contributed by atoms with E-state index in [1.807, 2.05) is 39.0 Å². The summed E-state index contributed by atoms with van der Waals surface area (Å²) in [5.41, 5.74) is 6.64. The van der Waals surface area contributed by atoms with Gasteiger partial charge in [0, 0.05) is 42.4 Å². The molecule has 7 nitrogen and oxygen atoms in total. The number of alkyl halides is 3. The maximum absolute atomic E-state index is 14.0. The molecule has 0 bridgehead atoms. The molecule has 1 aliphatic heterocycles. The summed E-state index contributed by atoms with van der Waals surface area (Å²) in [6.45, 7) is 10.1. The smallest absolute Gasteiger partial charge is 0.398 e. The number of nitrogens with two attached hydrogens (primary N) is 1. The van der Waals surface area contributed by atoms with Gasteiger partial charge < -0.3 is 15.2 Å². The molecule has 0 radical (unpaired) electrons. The van der Waals surface area contributed by atoms with Crippen molar-refractivity contribution in [2.24, 2.45) is 5.92 Å². The van der Waals surface area contributed by atoms with E-state index < -0.39 is 22.9 Å². The summed E-state index contributed by atoms with van der Waals surface area (Å²) in [5.74, 6) is -0.355. The highest BCUT2D eigenvalue weighted by atomic mass is 35.5. The van der Waals surface area contributed by atoms with Crippen LogP contribution in [-0.4, -0.2) is 33.0 Å². The van der Waals surface area contributed by atoms with E-state index in [-0.39, 0.29) is 51.6 Å². The first-order valence-electron chi connectivity index (χ1n) is 13.7. The number of carbonyl (C=O) groups is 1. The number of aryl methyl sites for hydroxylation is 1. The van der Waals surface area contributed by atoms with Crippen molar-refractivity contribution < 1.29 is 18.0 Å². The number of hydrogen-bond acceptors (Lipinski definition) is 4. The predicted molar refractivity (Wildman–Crippen MR) is 163 cm³/mol. The fourth-order valence-corrected chi connectivity index (χ4v) is 5.92. The highest BCUT2D eigenvalue weighted by Gasteiger charge is 2.33. The molecular formula is C32H30ClF3N4O3. The van der Waals surface area contributed by atoms with Crippen LogP contribution < -0.4 is 16.9 Å². The van der Waals surface area contributed by atoms with Crippen LogP contribution in [0.1, 0.15) is 36.5 Å². The van der Waals surface area contributed by atoms with Crippen molar-refractivity contribution in [1.82, 2.24) is 14.0 Å². The number of nitrogens with zero attached hydrogens (tertiary/aromatic N) is 3. The quantitative estimate of drug-likeness (QED) is 0.161. The minimum Gasteiger partial charge on any atom is -0.398 e. The maximum Gasteiger partial charge on any atom is 0.416 e. The third-order valence-electron chi connectivity index (χ3n) is 7.90. The SMILES string of the molecule is C=CC(=O)N1CC(Cn2c(=O)c(=O)n(-c3c(C)cccc3C(C)C)c3cc(-c4cc(C(F)(F)F)ccc4N)c(Cl)cc32)C1. The second-order valence-corrected chi connectivity index (χ2v) is 11.6. The van der Waals surface area contributed by atoms with Gasteiger partial charge in [-0.3, -0.25) is 19.0 Å². The van der Waals surface area contributed by atoms with Crippen LogP contribution in [0.4, 0.5) is 18.9 Å². The van der Waals surface area contributed by atoms with Gasteiger partial charge in [0.15, 0.2) is 0 Å². The first kappa shape index (κ1) is 30.2. The summed E-state index contributed by atoms with van der Waals surface area (Å²) in [7, 11) is 0. The normalized spacial score (nSPS) is 13.9. The second kappa shape index (κ2) is 11.1. The molecule has 4 aromatic rings. The highest BCUT2D eigenvalue weighted by Crippen LogP contribution is 2.40. The lowest BCUT2D eigenvalue weighted by Crippen LogP contribution is -2.52. The summed E-state index contributed by atoms with van der Waals surface area (Å²) in [6, 6.07) is 11.5. The molecule has 3 aromatic carbocycles. The van der Waals surface area contributed by atoms with Crippen LogP contribution in [0.3, 0.4) is 0 Å². The van der Waals surface area contributed by atoms with Crippen molar-refractivity contribution in [2.45, 2.75) is 39.4 Å². The van der Waals surface area contributed by atoms with Gasteiger partial charge in [0.05, 0.1) is 27.3 Å². The molecule has 0 unspecified atom stereocenters. The van der Waals surface area contributed by atoms with Gasteiger partial charge in [0.2, 0.25) is 5.91 Å². The number of halogens is 4. The average molecular weight is 611 g/mol. The zero-order chi connectivity index (χ0) is 31.4. The first-order chi connectivity index (χ1) is 20.2. The molecule has 1 fully saturated rings. The van der Waals surface area contributed by atoms with E-state index in [0.717, 1.165) is 29.3 Å². The van der Waals surface area contributed by atoms with Gasteiger partial charge in [-0.05, 0) is 60.4 Å². The van der Waals surface area contributed by atoms with Crippen LogP contribution in [0.5, 0.6) is 0 Å². The monoisotopic (exact) mass is 610 g/mol. The minimum absolute atomic E-state index is 0.0199. The van der Waals surface area contributed by atoms with E-state index in [2.05, 4.69) is 6.58 Å². The molecule has 1 amide bonds. The lowest BCUT2D eigenvalue weighted by Gasteiger charge is -2.39. The zero-order valence-electron chi connectivity index (χ0n) is 23.8. The summed E-state index contributed by atoms with van der Waals surface area (Å²) < 4.78 is 43.6. The van der Waals surface area contributed by atoms with Crippen LogP contribution in [0.2, 0.25) is 5.02 Å². The molecular weight excluding hydrogens is 581 g/mol. The van der Waals surface area contributed by atoms with Crippen LogP contribution >= 0.6 is 11.6 Å². The van der Waals surface area contributed by atoms with E-state index in [4.69, 9.17) is 17.3 Å². The van der Waals surface area contributed by atoms with Crippen molar-refractivity contribution in [3.63, 3.8) is 0 Å². The number of hydrogen-bond donors (Lipinski definition) is 1. The zero-order valence-corrected chi connectivity index (χ0v) is 24.6. The van der Waals surface area contributed by atoms with E-state index in [1.165, 1.54) is 27.3 Å². The molecule has 1 aromatic heterocycles. The third-order valence-corrected chi connectivity index (χ3v) is 8.21. The van der Waals surface area contributed by atoms with Gasteiger partial charge in [0.25, 0.3) is 0 Å². The topological polar surface area (TPSA) is 90.3 Å². The van der Waals surface area contributed by atoms with Crippen LogP contribution in [0, 0.1) is 12.8 Å². The molecule has 2 heterocycles. The largest absolute Gasteiger partial charge is 0.416 e. The predicted octanol–water partition coefficient (Wildman–Crippen LogP) is 6.15. The number of aromatic nitrogens is 2. The standard InChI is InChI=1S/C32H30ClF3N4O3/c1-5-28(41)38-14-19(15-38)16-39-26-13-24(33)22(23-11-20(32(34,35)36)9-10-25(23)37)12-27(26)40(31(43)30(39)42)29-18(4)7-6-8-21(29)17(2)3/h5-13,17,19H,1,14-16,37H2,2-4H3. The Hall–Kier alpha value is -4.31. The van der Waals surface area contributed by atoms with E-state index in [0.29, 0.717) is 24.3 Å². The average Bonchev–Trinajstić information content (AvgIpc) is 2.92. The number of rotatable bonds is 6. The summed E-state index contributed by atoms with van der Waals surface area (Å²) >= 11 is 6.72. The molecule has 43 heavy (non-hydrogen) atoms. The Kier molecular flexibility index (Phi) is 7.77. The van der Waals surface area contributed by atoms with Crippen LogP contribution in [0.25, 0.3) is 27.8 Å². The number of anilines is 1. The number of likely N-dealkylation sites (tertiary alicyclic amines) is 1. The molecule has 0 saturated carbocycles. The molecule has 2 N–H and O–H groups in total. The van der Waals surface area contributed by atoms with Gasteiger partial charge >= 0.3 is 17.3 Å². The minimum atomic E-state index is -4.62. The first-order valence-corrected chi connectivity index (χ1v) is 14.1. The van der Waals surface area contributed by atoms with Gasteiger partial charge in [-0.15, -0.1) is 0 Å². The molecule has 224 valence electrons. The number of amides is 1. The van der Waals surface area contributed by atoms with Gasteiger partial charge in [-0.2, -0.15) is 13.2 Å². The Bertz CT molecular complexity index is 1900. The van der Waals surface area contributed by atoms with E-state index in [9.17, 15) is 27.6 Å². The Morgan fingerprint density at radius 2 is 1.77 bits per heavy atom. The number of para-hydroxylation sites is 1. The maximum atomic E-state index is 14.0. The van der Waals surface area contributed by atoms with Crippen LogP contribution in [0.15, 0.2) is 70.8 Å². The Balaban J connectivity index is 1.82. The van der Waals surface area contributed by atoms with Crippen molar-refractivity contribution in [1.29, 1.82) is 0 Å². The fourth-order valence-electron chi connectivity index (χ4n) is 5.66. The van der Waals surface area contributed by atoms with E-state index in [1.54, 1.807) is 4.90 Å². The molecule has 1 aliphatic rings. The number of nitrogen functional groups attached to an aromatic ring is 1. The summed E-state index contributed by atoms with van der Waals surface area (Å²) in [6.07, 6.45) is -3.40. The van der Waals surface area contributed by atoms with Crippen molar-refractivity contribution in [3.8, 4) is 16.8 Å². The Morgan fingerprint density at radius 3 is 2.40 bits per heavy atom. The van der Waals surface area contributed by atoms with Crippen LogP contribution in [-0.2, 0) is 17.5 Å². The summed E-state index contributed by atoms with van der Waals surface area (Å²) in [4.78, 5) is 41.2. The fraction of sp³-hybridized carbons (Fsp3) is 0.281.